The molecule has 0 radical (unpaired) electrons. The number of rotatable bonds is 5. The Hall–Kier alpha value is -1.82. The monoisotopic (exact) mass is 293 g/mol. The van der Waals surface area contributed by atoms with Gasteiger partial charge in [0.25, 0.3) is 0 Å². The molecule has 0 aliphatic rings. The first kappa shape index (κ1) is 14.6. The van der Waals surface area contributed by atoms with Gasteiger partial charge in [-0.3, -0.25) is 0 Å². The number of thiazole rings is 1. The van der Waals surface area contributed by atoms with Gasteiger partial charge in [-0.1, -0.05) is 0 Å². The Morgan fingerprint density at radius 3 is 2.85 bits per heavy atom. The molecule has 0 aromatic carbocycles. The Morgan fingerprint density at radius 1 is 1.45 bits per heavy atom. The van der Waals surface area contributed by atoms with Crippen LogP contribution in [-0.2, 0) is 6.42 Å². The topological polar surface area (TPSA) is 67.2 Å². The highest BCUT2D eigenvalue weighted by Crippen LogP contribution is 2.15. The average molecular weight is 293 g/mol. The van der Waals surface area contributed by atoms with Crippen molar-refractivity contribution in [2.24, 2.45) is 0 Å². The molecule has 0 aliphatic heterocycles. The van der Waals surface area contributed by atoms with Crippen LogP contribution in [0.25, 0.3) is 0 Å². The van der Waals surface area contributed by atoms with E-state index in [0.29, 0.717) is 6.54 Å². The minimum Gasteiger partial charge on any atom is -0.464 e. The highest BCUT2D eigenvalue weighted by Gasteiger charge is 2.12. The van der Waals surface area contributed by atoms with Crippen molar-refractivity contribution in [3.05, 3.63) is 39.7 Å². The first-order chi connectivity index (χ1) is 9.54. The quantitative estimate of drug-likeness (QED) is 0.890. The second-order valence-corrected chi connectivity index (χ2v) is 5.74. The maximum atomic E-state index is 11.7. The molecular weight excluding hydrogens is 274 g/mol. The molecule has 0 unspecified atom stereocenters. The predicted octanol–water partition coefficient (Wildman–Crippen LogP) is 2.96. The van der Waals surface area contributed by atoms with E-state index in [9.17, 15) is 4.79 Å². The highest BCUT2D eigenvalue weighted by atomic mass is 32.1. The van der Waals surface area contributed by atoms with Gasteiger partial charge in [0.2, 0.25) is 0 Å². The number of aryl methyl sites for hydroxylation is 2. The molecule has 2 aromatic rings. The second kappa shape index (κ2) is 6.56. The fourth-order valence-electron chi connectivity index (χ4n) is 1.83. The van der Waals surface area contributed by atoms with Crippen LogP contribution in [0, 0.1) is 13.8 Å². The van der Waals surface area contributed by atoms with Crippen molar-refractivity contribution in [2.45, 2.75) is 33.2 Å². The first-order valence-electron chi connectivity index (χ1n) is 6.56. The molecule has 108 valence electrons. The number of nitrogens with zero attached hydrogens (tertiary/aromatic N) is 1. The number of carbonyl (C=O) groups is 1. The van der Waals surface area contributed by atoms with Gasteiger partial charge in [-0.15, -0.1) is 11.3 Å². The fourth-order valence-corrected chi connectivity index (χ4v) is 2.48. The molecule has 0 saturated carbocycles. The van der Waals surface area contributed by atoms with Crippen LogP contribution in [0.5, 0.6) is 0 Å². The number of hydrogen-bond acceptors (Lipinski definition) is 4. The van der Waals surface area contributed by atoms with Crippen molar-refractivity contribution >= 4 is 17.4 Å². The second-order valence-electron chi connectivity index (χ2n) is 4.68. The summed E-state index contributed by atoms with van der Waals surface area (Å²) in [6, 6.07) is 3.41. The lowest BCUT2D eigenvalue weighted by molar-refractivity contribution is 0.236. The van der Waals surface area contributed by atoms with Crippen molar-refractivity contribution in [3.8, 4) is 0 Å². The largest absolute Gasteiger partial charge is 0.464 e. The summed E-state index contributed by atoms with van der Waals surface area (Å²) in [6.07, 6.45) is 0.742. The molecule has 20 heavy (non-hydrogen) atoms. The number of aromatic nitrogens is 1. The predicted molar refractivity (Wildman–Crippen MR) is 78.9 cm³/mol. The summed E-state index contributed by atoms with van der Waals surface area (Å²) >= 11 is 1.62. The Kier molecular flexibility index (Phi) is 4.79. The summed E-state index contributed by atoms with van der Waals surface area (Å²) in [4.78, 5) is 16.1. The van der Waals surface area contributed by atoms with Crippen LogP contribution in [0.4, 0.5) is 4.79 Å². The minimum absolute atomic E-state index is 0.148. The van der Waals surface area contributed by atoms with E-state index < -0.39 is 0 Å². The molecule has 0 spiro atoms. The van der Waals surface area contributed by atoms with E-state index in [0.717, 1.165) is 28.6 Å². The van der Waals surface area contributed by atoms with E-state index in [1.807, 2.05) is 38.3 Å². The van der Waals surface area contributed by atoms with Crippen molar-refractivity contribution in [1.29, 1.82) is 0 Å². The Labute approximate surface area is 122 Å². The van der Waals surface area contributed by atoms with E-state index in [1.54, 1.807) is 11.3 Å². The van der Waals surface area contributed by atoms with E-state index in [2.05, 4.69) is 15.6 Å². The first-order valence-corrected chi connectivity index (χ1v) is 7.44. The molecule has 2 amide bonds. The molecule has 2 N–H and O–H groups in total. The lowest BCUT2D eigenvalue weighted by Gasteiger charge is -2.12. The number of carbonyl (C=O) groups excluding carboxylic acids is 1. The molecular formula is C14H19N3O2S. The van der Waals surface area contributed by atoms with Gasteiger partial charge in [-0.25, -0.2) is 9.78 Å². The molecule has 1 atom stereocenters. The van der Waals surface area contributed by atoms with Crippen LogP contribution in [0.1, 0.15) is 35.2 Å². The van der Waals surface area contributed by atoms with Crippen molar-refractivity contribution in [3.63, 3.8) is 0 Å². The summed E-state index contributed by atoms with van der Waals surface area (Å²) in [7, 11) is 0. The van der Waals surface area contributed by atoms with Crippen LogP contribution in [-0.4, -0.2) is 17.6 Å². The SMILES string of the molecule is Cc1ccc([C@@H](C)NC(=O)NCCc2csc(C)n2)o1. The number of amides is 2. The maximum Gasteiger partial charge on any atom is 0.315 e. The molecule has 0 saturated heterocycles. The molecule has 0 fully saturated rings. The summed E-state index contributed by atoms with van der Waals surface area (Å²) < 4.78 is 5.47. The van der Waals surface area contributed by atoms with Crippen LogP contribution in [0.2, 0.25) is 0 Å². The number of furan rings is 1. The maximum absolute atomic E-state index is 11.7. The Morgan fingerprint density at radius 2 is 2.25 bits per heavy atom. The van der Waals surface area contributed by atoms with Gasteiger partial charge in [0.15, 0.2) is 0 Å². The van der Waals surface area contributed by atoms with Gasteiger partial charge >= 0.3 is 6.03 Å². The van der Waals surface area contributed by atoms with Gasteiger partial charge < -0.3 is 15.1 Å². The average Bonchev–Trinajstić information content (AvgIpc) is 2.98. The molecule has 6 heteroatoms. The highest BCUT2D eigenvalue weighted by molar-refractivity contribution is 7.09. The number of hydrogen-bond donors (Lipinski definition) is 2. The zero-order valence-corrected chi connectivity index (χ0v) is 12.7. The van der Waals surface area contributed by atoms with Gasteiger partial charge in [0, 0.05) is 18.3 Å². The Bertz CT molecular complexity index is 576. The van der Waals surface area contributed by atoms with Gasteiger partial charge in [-0.2, -0.15) is 0 Å². The van der Waals surface area contributed by atoms with E-state index >= 15 is 0 Å². The molecule has 0 aliphatic carbocycles. The summed E-state index contributed by atoms with van der Waals surface area (Å²) in [6.45, 7) is 6.31. The van der Waals surface area contributed by atoms with Gasteiger partial charge in [0.05, 0.1) is 16.7 Å². The molecule has 5 nitrogen and oxygen atoms in total. The summed E-state index contributed by atoms with van der Waals surface area (Å²) in [5.74, 6) is 1.60. The normalized spacial score (nSPS) is 12.2. The molecule has 0 bridgehead atoms. The van der Waals surface area contributed by atoms with Crippen molar-refractivity contribution < 1.29 is 9.21 Å². The standard InChI is InChI=1S/C14H19N3O2S/c1-9-4-5-13(19-9)10(2)16-14(18)15-7-6-12-8-20-11(3)17-12/h4-5,8,10H,6-7H2,1-3H3,(H2,15,16,18)/t10-/m1/s1. The lowest BCUT2D eigenvalue weighted by Crippen LogP contribution is -2.37. The summed E-state index contributed by atoms with van der Waals surface area (Å²) in [5, 5.41) is 8.72. The third-order valence-electron chi connectivity index (χ3n) is 2.87. The van der Waals surface area contributed by atoms with Gasteiger partial charge in [-0.05, 0) is 32.9 Å². The van der Waals surface area contributed by atoms with E-state index in [-0.39, 0.29) is 12.1 Å². The molecule has 2 aromatic heterocycles. The third-order valence-corrected chi connectivity index (χ3v) is 3.69. The molecule has 2 rings (SSSR count). The zero-order valence-electron chi connectivity index (χ0n) is 11.9. The van der Waals surface area contributed by atoms with Crippen molar-refractivity contribution in [2.75, 3.05) is 6.54 Å². The Balaban J connectivity index is 1.72. The van der Waals surface area contributed by atoms with Crippen LogP contribution in [0.3, 0.4) is 0 Å². The van der Waals surface area contributed by atoms with Crippen LogP contribution < -0.4 is 10.6 Å². The van der Waals surface area contributed by atoms with Crippen molar-refractivity contribution in [1.82, 2.24) is 15.6 Å². The smallest absolute Gasteiger partial charge is 0.315 e. The third kappa shape index (κ3) is 4.09. The summed E-state index contributed by atoms with van der Waals surface area (Å²) in [5.41, 5.74) is 1.02. The zero-order chi connectivity index (χ0) is 14.5. The van der Waals surface area contributed by atoms with Crippen LogP contribution >= 0.6 is 11.3 Å². The lowest BCUT2D eigenvalue weighted by atomic mass is 10.2. The number of nitrogens with one attached hydrogen (secondary N) is 2. The number of urea groups is 1. The van der Waals surface area contributed by atoms with Gasteiger partial charge in [0.1, 0.15) is 11.5 Å². The minimum atomic E-state index is -0.196. The van der Waals surface area contributed by atoms with E-state index in [4.69, 9.17) is 4.42 Å². The fraction of sp³-hybridized carbons (Fsp3) is 0.429. The van der Waals surface area contributed by atoms with E-state index in [1.165, 1.54) is 0 Å². The van der Waals surface area contributed by atoms with Crippen LogP contribution in [0.15, 0.2) is 21.9 Å². The molecule has 2 heterocycles.